The van der Waals surface area contributed by atoms with Crippen molar-refractivity contribution in [2.45, 2.75) is 38.8 Å². The van der Waals surface area contributed by atoms with Crippen LogP contribution in [0.4, 0.5) is 0 Å². The first-order valence-corrected chi connectivity index (χ1v) is 6.01. The molecule has 1 heterocycles. The van der Waals surface area contributed by atoms with Crippen molar-refractivity contribution in [3.8, 4) is 11.5 Å². The molecule has 0 bridgehead atoms. The second kappa shape index (κ2) is 3.87. The number of hydrogen-bond donors (Lipinski definition) is 0. The Balaban J connectivity index is 2.72. The zero-order chi connectivity index (χ0) is 13.7. The quantitative estimate of drug-likeness (QED) is 0.810. The van der Waals surface area contributed by atoms with Gasteiger partial charge in [-0.1, -0.05) is 0 Å². The van der Waals surface area contributed by atoms with Crippen LogP contribution in [0.15, 0.2) is 12.1 Å². The Morgan fingerprint density at radius 1 is 0.889 bits per heavy atom. The normalized spacial score (nSPS) is 20.6. The predicted molar refractivity (Wildman–Crippen MR) is 68.1 cm³/mol. The molecule has 2 rings (SSSR count). The van der Waals surface area contributed by atoms with Crippen molar-refractivity contribution < 1.29 is 14.7 Å². The van der Waals surface area contributed by atoms with Crippen molar-refractivity contribution >= 4 is 0 Å². The third-order valence-corrected chi connectivity index (χ3v) is 3.86. The molecule has 0 unspecified atom stereocenters. The van der Waals surface area contributed by atoms with Crippen LogP contribution in [0.2, 0.25) is 0 Å². The third-order valence-electron chi connectivity index (χ3n) is 3.86. The van der Waals surface area contributed by atoms with Crippen molar-refractivity contribution in [1.82, 2.24) is 5.06 Å². The van der Waals surface area contributed by atoms with Crippen LogP contribution in [-0.4, -0.2) is 19.3 Å². The Kier molecular flexibility index (Phi) is 2.83. The molecule has 0 aromatic heterocycles. The van der Waals surface area contributed by atoms with E-state index in [4.69, 9.17) is 9.47 Å². The van der Waals surface area contributed by atoms with Crippen molar-refractivity contribution in [1.29, 1.82) is 0 Å². The highest BCUT2D eigenvalue weighted by Crippen LogP contribution is 2.51. The van der Waals surface area contributed by atoms with Gasteiger partial charge in [-0.3, -0.25) is 0 Å². The highest BCUT2D eigenvalue weighted by atomic mass is 16.5. The Morgan fingerprint density at radius 2 is 1.22 bits per heavy atom. The van der Waals surface area contributed by atoms with Gasteiger partial charge in [0.05, 0.1) is 25.3 Å². The zero-order valence-corrected chi connectivity index (χ0v) is 11.8. The molecule has 1 aliphatic rings. The summed E-state index contributed by atoms with van der Waals surface area (Å²) < 4.78 is 10.6. The monoisotopic (exact) mass is 250 g/mol. The molecule has 0 saturated carbocycles. The fourth-order valence-corrected chi connectivity index (χ4v) is 2.81. The van der Waals surface area contributed by atoms with Gasteiger partial charge in [0.15, 0.2) is 11.5 Å². The highest BCUT2D eigenvalue weighted by molar-refractivity contribution is 5.54. The van der Waals surface area contributed by atoms with Crippen LogP contribution in [0.3, 0.4) is 0 Å². The van der Waals surface area contributed by atoms with Gasteiger partial charge in [0.25, 0.3) is 0 Å². The maximum absolute atomic E-state index is 12.4. The van der Waals surface area contributed by atoms with Gasteiger partial charge in [-0.05, 0) is 51.0 Å². The van der Waals surface area contributed by atoms with Gasteiger partial charge in [-0.15, -0.1) is 10.3 Å². The maximum Gasteiger partial charge on any atom is 0.161 e. The van der Waals surface area contributed by atoms with Crippen LogP contribution in [0.5, 0.6) is 11.5 Å². The molecule has 0 fully saturated rings. The van der Waals surface area contributed by atoms with Crippen LogP contribution < -0.4 is 9.47 Å². The van der Waals surface area contributed by atoms with E-state index < -0.39 is 11.1 Å². The molecule has 0 N–H and O–H groups in total. The van der Waals surface area contributed by atoms with Crippen molar-refractivity contribution in [2.24, 2.45) is 0 Å². The lowest BCUT2D eigenvalue weighted by Gasteiger charge is -2.32. The molecule has 0 saturated heterocycles. The number of hydroxylamine groups is 2. The van der Waals surface area contributed by atoms with Crippen LogP contribution in [-0.2, 0) is 16.3 Å². The third kappa shape index (κ3) is 1.52. The van der Waals surface area contributed by atoms with Gasteiger partial charge in [0, 0.05) is 0 Å². The average molecular weight is 250 g/mol. The van der Waals surface area contributed by atoms with Crippen LogP contribution >= 0.6 is 0 Å². The number of nitrogens with zero attached hydrogens (tertiary/aromatic N) is 1. The number of hydrogen-bond acceptors (Lipinski definition) is 3. The number of rotatable bonds is 2. The molecule has 1 aromatic carbocycles. The summed E-state index contributed by atoms with van der Waals surface area (Å²) in [6.07, 6.45) is 0. The Morgan fingerprint density at radius 3 is 1.50 bits per heavy atom. The SMILES string of the molecule is COc1cc2c(cc1OC)C(C)(C)N([O])C2(C)C. The van der Waals surface area contributed by atoms with E-state index in [9.17, 15) is 5.21 Å². The molecular formula is C14H20NO3. The minimum Gasteiger partial charge on any atom is -0.493 e. The van der Waals surface area contributed by atoms with Gasteiger partial charge in [-0.2, -0.15) is 0 Å². The van der Waals surface area contributed by atoms with Crippen molar-refractivity contribution in [3.63, 3.8) is 0 Å². The molecule has 0 atom stereocenters. The largest absolute Gasteiger partial charge is 0.493 e. The summed E-state index contributed by atoms with van der Waals surface area (Å²) in [5.74, 6) is 1.32. The number of fused-ring (bicyclic) bond motifs is 1. The van der Waals surface area contributed by atoms with E-state index in [2.05, 4.69) is 0 Å². The summed E-state index contributed by atoms with van der Waals surface area (Å²) >= 11 is 0. The maximum atomic E-state index is 12.4. The van der Waals surface area contributed by atoms with E-state index in [0.29, 0.717) is 11.5 Å². The van der Waals surface area contributed by atoms with E-state index in [1.54, 1.807) is 14.2 Å². The average Bonchev–Trinajstić information content (AvgIpc) is 2.47. The minimum absolute atomic E-state index is 0.557. The van der Waals surface area contributed by atoms with Gasteiger partial charge < -0.3 is 9.47 Å². The second-order valence-electron chi connectivity index (χ2n) is 5.67. The van der Waals surface area contributed by atoms with E-state index in [0.717, 1.165) is 16.2 Å². The lowest BCUT2D eigenvalue weighted by molar-refractivity contribution is -0.266. The summed E-state index contributed by atoms with van der Waals surface area (Å²) in [5, 5.41) is 13.6. The molecule has 18 heavy (non-hydrogen) atoms. The summed E-state index contributed by atoms with van der Waals surface area (Å²) in [7, 11) is 3.21. The van der Waals surface area contributed by atoms with Crippen molar-refractivity contribution in [2.75, 3.05) is 14.2 Å². The zero-order valence-electron chi connectivity index (χ0n) is 11.8. The van der Waals surface area contributed by atoms with Crippen molar-refractivity contribution in [3.05, 3.63) is 23.3 Å². The summed E-state index contributed by atoms with van der Waals surface area (Å²) in [5.41, 5.74) is 0.886. The lowest BCUT2D eigenvalue weighted by Crippen LogP contribution is -2.41. The molecule has 4 heteroatoms. The highest BCUT2D eigenvalue weighted by Gasteiger charge is 2.50. The molecule has 0 amide bonds. The first-order valence-electron chi connectivity index (χ1n) is 6.01. The smallest absolute Gasteiger partial charge is 0.161 e. The first kappa shape index (κ1) is 13.2. The predicted octanol–water partition coefficient (Wildman–Crippen LogP) is 2.84. The molecule has 0 spiro atoms. The van der Waals surface area contributed by atoms with E-state index in [-0.39, 0.29) is 0 Å². The van der Waals surface area contributed by atoms with E-state index in [1.807, 2.05) is 39.8 Å². The van der Waals surface area contributed by atoms with Crippen LogP contribution in [0, 0.1) is 0 Å². The second-order valence-corrected chi connectivity index (χ2v) is 5.67. The van der Waals surface area contributed by atoms with Gasteiger partial charge in [-0.25, -0.2) is 0 Å². The number of methoxy groups -OCH3 is 2. The van der Waals surface area contributed by atoms with Gasteiger partial charge >= 0.3 is 0 Å². The Hall–Kier alpha value is -1.26. The molecule has 4 nitrogen and oxygen atoms in total. The summed E-state index contributed by atoms with van der Waals surface area (Å²) in [6, 6.07) is 3.82. The molecular weight excluding hydrogens is 230 g/mol. The fourth-order valence-electron chi connectivity index (χ4n) is 2.81. The topological polar surface area (TPSA) is 41.6 Å². The Bertz CT molecular complexity index is 437. The number of benzene rings is 1. The Labute approximate surface area is 108 Å². The lowest BCUT2D eigenvalue weighted by atomic mass is 9.90. The number of ether oxygens (including phenoxy) is 2. The molecule has 1 aromatic rings. The van der Waals surface area contributed by atoms with Crippen LogP contribution in [0.1, 0.15) is 38.8 Å². The van der Waals surface area contributed by atoms with E-state index in [1.165, 1.54) is 0 Å². The molecule has 99 valence electrons. The first-order chi connectivity index (χ1) is 8.26. The fraction of sp³-hybridized carbons (Fsp3) is 0.571. The molecule has 1 radical (unpaired) electrons. The summed E-state index contributed by atoms with van der Waals surface area (Å²) in [6.45, 7) is 7.72. The molecule has 1 aliphatic heterocycles. The molecule has 0 aliphatic carbocycles. The van der Waals surface area contributed by atoms with Crippen LogP contribution in [0.25, 0.3) is 0 Å². The van der Waals surface area contributed by atoms with E-state index >= 15 is 0 Å². The van der Waals surface area contributed by atoms with Gasteiger partial charge in [0.2, 0.25) is 0 Å². The standard InChI is InChI=1S/C14H20NO3/c1-13(2)9-7-11(17-5)12(18-6)8-10(9)14(3,4)15(13)16/h7-8H,1-6H3. The minimum atomic E-state index is -0.557. The van der Waals surface area contributed by atoms with Gasteiger partial charge in [0.1, 0.15) is 0 Å². The summed E-state index contributed by atoms with van der Waals surface area (Å²) in [4.78, 5) is 0.